The number of hydrogen-bond acceptors (Lipinski definition) is 3. The SMILES string of the molecule is CC(C)OC(=O)Oc1c(-c2ccccc2)cccc1-c1ccccc1. The maximum Gasteiger partial charge on any atom is 0.514 e. The zero-order chi connectivity index (χ0) is 17.6. The quantitative estimate of drug-likeness (QED) is 0.438. The highest BCUT2D eigenvalue weighted by Gasteiger charge is 2.18. The lowest BCUT2D eigenvalue weighted by atomic mass is 9.97. The van der Waals surface area contributed by atoms with E-state index in [1.54, 1.807) is 13.8 Å². The fraction of sp³-hybridized carbons (Fsp3) is 0.136. The number of carbonyl (C=O) groups is 1. The molecule has 3 rings (SSSR count). The first-order valence-corrected chi connectivity index (χ1v) is 8.27. The maximum atomic E-state index is 12.1. The predicted octanol–water partition coefficient (Wildman–Crippen LogP) is 5.94. The molecule has 0 saturated heterocycles. The van der Waals surface area contributed by atoms with Crippen molar-refractivity contribution in [1.82, 2.24) is 0 Å². The summed E-state index contributed by atoms with van der Waals surface area (Å²) in [6, 6.07) is 25.6. The van der Waals surface area contributed by atoms with Gasteiger partial charge in [0.15, 0.2) is 0 Å². The minimum absolute atomic E-state index is 0.239. The van der Waals surface area contributed by atoms with E-state index in [1.165, 1.54) is 0 Å². The fourth-order valence-corrected chi connectivity index (χ4v) is 2.64. The molecule has 0 aliphatic carbocycles. The largest absolute Gasteiger partial charge is 0.514 e. The van der Waals surface area contributed by atoms with E-state index in [1.807, 2.05) is 78.9 Å². The van der Waals surface area contributed by atoms with Gasteiger partial charge in [-0.3, -0.25) is 0 Å². The predicted molar refractivity (Wildman–Crippen MR) is 99.6 cm³/mol. The van der Waals surface area contributed by atoms with Crippen LogP contribution in [0.2, 0.25) is 0 Å². The minimum Gasteiger partial charge on any atom is -0.431 e. The van der Waals surface area contributed by atoms with Crippen LogP contribution < -0.4 is 4.74 Å². The smallest absolute Gasteiger partial charge is 0.431 e. The van der Waals surface area contributed by atoms with Gasteiger partial charge in [0.2, 0.25) is 0 Å². The Morgan fingerprint density at radius 1 is 0.720 bits per heavy atom. The third kappa shape index (κ3) is 4.07. The van der Waals surface area contributed by atoms with E-state index in [4.69, 9.17) is 9.47 Å². The van der Waals surface area contributed by atoms with Crippen molar-refractivity contribution in [3.63, 3.8) is 0 Å². The summed E-state index contributed by atoms with van der Waals surface area (Å²) in [4.78, 5) is 12.1. The third-order valence-electron chi connectivity index (χ3n) is 3.70. The first-order chi connectivity index (χ1) is 12.1. The molecule has 0 aromatic heterocycles. The number of hydrogen-bond donors (Lipinski definition) is 0. The summed E-state index contributed by atoms with van der Waals surface area (Å²) in [6.07, 6.45) is -0.938. The molecule has 0 N–H and O–H groups in total. The summed E-state index contributed by atoms with van der Waals surface area (Å²) < 4.78 is 10.8. The van der Waals surface area contributed by atoms with Crippen molar-refractivity contribution in [3.05, 3.63) is 78.9 Å². The van der Waals surface area contributed by atoms with Gasteiger partial charge in [-0.15, -0.1) is 0 Å². The van der Waals surface area contributed by atoms with E-state index in [0.29, 0.717) is 5.75 Å². The zero-order valence-electron chi connectivity index (χ0n) is 14.3. The second-order valence-corrected chi connectivity index (χ2v) is 5.93. The number of ether oxygens (including phenoxy) is 2. The van der Waals surface area contributed by atoms with Crippen LogP contribution in [-0.2, 0) is 4.74 Å². The molecule has 0 amide bonds. The van der Waals surface area contributed by atoms with Gasteiger partial charge in [-0.1, -0.05) is 78.9 Å². The van der Waals surface area contributed by atoms with Crippen molar-refractivity contribution in [2.75, 3.05) is 0 Å². The highest BCUT2D eigenvalue weighted by Crippen LogP contribution is 2.39. The molecule has 126 valence electrons. The Kier molecular flexibility index (Phi) is 5.14. The molecule has 0 heterocycles. The fourth-order valence-electron chi connectivity index (χ4n) is 2.64. The van der Waals surface area contributed by atoms with Gasteiger partial charge >= 0.3 is 6.16 Å². The van der Waals surface area contributed by atoms with Crippen LogP contribution in [0.3, 0.4) is 0 Å². The van der Waals surface area contributed by atoms with Gasteiger partial charge in [0, 0.05) is 11.1 Å². The monoisotopic (exact) mass is 332 g/mol. The van der Waals surface area contributed by atoms with E-state index in [2.05, 4.69) is 0 Å². The summed E-state index contributed by atoms with van der Waals surface area (Å²) in [5.74, 6) is 0.505. The van der Waals surface area contributed by atoms with Crippen LogP contribution in [0.4, 0.5) is 4.79 Å². The zero-order valence-corrected chi connectivity index (χ0v) is 14.3. The summed E-state index contributed by atoms with van der Waals surface area (Å²) in [5.41, 5.74) is 3.66. The van der Waals surface area contributed by atoms with Crippen LogP contribution in [0.25, 0.3) is 22.3 Å². The van der Waals surface area contributed by atoms with Gasteiger partial charge in [-0.05, 0) is 25.0 Å². The van der Waals surface area contributed by atoms with Crippen LogP contribution in [0.5, 0.6) is 5.75 Å². The van der Waals surface area contributed by atoms with Gasteiger partial charge in [0.25, 0.3) is 0 Å². The van der Waals surface area contributed by atoms with E-state index in [-0.39, 0.29) is 6.10 Å². The van der Waals surface area contributed by atoms with E-state index >= 15 is 0 Å². The van der Waals surface area contributed by atoms with Crippen molar-refractivity contribution in [2.45, 2.75) is 20.0 Å². The van der Waals surface area contributed by atoms with Crippen molar-refractivity contribution in [3.8, 4) is 28.0 Å². The standard InChI is InChI=1S/C22H20O3/c1-16(2)24-22(23)25-21-19(17-10-5-3-6-11-17)14-9-15-20(21)18-12-7-4-8-13-18/h3-16H,1-2H3. The molecule has 25 heavy (non-hydrogen) atoms. The molecule has 0 unspecified atom stereocenters. The average molecular weight is 332 g/mol. The van der Waals surface area contributed by atoms with Crippen LogP contribution >= 0.6 is 0 Å². The second-order valence-electron chi connectivity index (χ2n) is 5.93. The van der Waals surface area contributed by atoms with Gasteiger partial charge in [0.05, 0.1) is 6.10 Å². The van der Waals surface area contributed by atoms with E-state index in [9.17, 15) is 4.79 Å². The lowest BCUT2D eigenvalue weighted by Crippen LogP contribution is -2.16. The Hall–Kier alpha value is -3.07. The Bertz CT molecular complexity index is 782. The minimum atomic E-state index is -0.699. The molecule has 3 aromatic carbocycles. The number of rotatable bonds is 4. The molecule has 0 aliphatic heterocycles. The topological polar surface area (TPSA) is 35.5 Å². The van der Waals surface area contributed by atoms with Crippen molar-refractivity contribution < 1.29 is 14.3 Å². The van der Waals surface area contributed by atoms with Crippen molar-refractivity contribution >= 4 is 6.16 Å². The Morgan fingerprint density at radius 2 is 1.20 bits per heavy atom. The lowest BCUT2D eigenvalue weighted by molar-refractivity contribution is 0.0732. The molecular weight excluding hydrogens is 312 g/mol. The first-order valence-electron chi connectivity index (χ1n) is 8.27. The molecule has 3 aromatic rings. The van der Waals surface area contributed by atoms with Crippen LogP contribution in [-0.4, -0.2) is 12.3 Å². The first kappa shape index (κ1) is 16.8. The maximum absolute atomic E-state index is 12.1. The number of carbonyl (C=O) groups excluding carboxylic acids is 1. The van der Waals surface area contributed by atoms with Gasteiger partial charge < -0.3 is 9.47 Å². The second kappa shape index (κ2) is 7.67. The lowest BCUT2D eigenvalue weighted by Gasteiger charge is -2.16. The van der Waals surface area contributed by atoms with E-state index < -0.39 is 6.16 Å². The van der Waals surface area contributed by atoms with Gasteiger partial charge in [0.1, 0.15) is 5.75 Å². The normalized spacial score (nSPS) is 10.5. The number of benzene rings is 3. The molecule has 3 heteroatoms. The molecule has 3 nitrogen and oxygen atoms in total. The Balaban J connectivity index is 2.11. The van der Waals surface area contributed by atoms with Crippen molar-refractivity contribution in [2.24, 2.45) is 0 Å². The van der Waals surface area contributed by atoms with Gasteiger partial charge in [-0.25, -0.2) is 4.79 Å². The van der Waals surface area contributed by atoms with Crippen molar-refractivity contribution in [1.29, 1.82) is 0 Å². The van der Waals surface area contributed by atoms with Gasteiger partial charge in [-0.2, -0.15) is 0 Å². The number of para-hydroxylation sites is 1. The molecule has 0 fully saturated rings. The molecule has 0 aliphatic rings. The van der Waals surface area contributed by atoms with Crippen LogP contribution in [0.1, 0.15) is 13.8 Å². The molecule has 0 radical (unpaired) electrons. The Labute approximate surface area is 147 Å². The molecule has 0 atom stereocenters. The molecule has 0 spiro atoms. The third-order valence-corrected chi connectivity index (χ3v) is 3.70. The summed E-state index contributed by atoms with van der Waals surface area (Å²) in [7, 11) is 0. The molecular formula is C22H20O3. The van der Waals surface area contributed by atoms with E-state index in [0.717, 1.165) is 22.3 Å². The Morgan fingerprint density at radius 3 is 1.64 bits per heavy atom. The summed E-state index contributed by atoms with van der Waals surface area (Å²) in [5, 5.41) is 0. The molecule has 0 saturated carbocycles. The molecule has 0 bridgehead atoms. The average Bonchev–Trinajstić information content (AvgIpc) is 2.62. The highest BCUT2D eigenvalue weighted by molar-refractivity contribution is 5.85. The summed E-state index contributed by atoms with van der Waals surface area (Å²) in [6.45, 7) is 3.59. The summed E-state index contributed by atoms with van der Waals surface area (Å²) >= 11 is 0. The van der Waals surface area contributed by atoms with Crippen LogP contribution in [0, 0.1) is 0 Å². The van der Waals surface area contributed by atoms with Crippen LogP contribution in [0.15, 0.2) is 78.9 Å². The highest BCUT2D eigenvalue weighted by atomic mass is 16.7.